The Hall–Kier alpha value is 0.554. The fourth-order valence-corrected chi connectivity index (χ4v) is 1.83. The van der Waals surface area contributed by atoms with Crippen molar-refractivity contribution in [2.24, 2.45) is 0 Å². The summed E-state index contributed by atoms with van der Waals surface area (Å²) in [6.07, 6.45) is 8.36. The molecule has 0 atom stereocenters. The van der Waals surface area contributed by atoms with Gasteiger partial charge >= 0.3 is 21.7 Å². The topological polar surface area (TPSA) is 92.2 Å². The molecule has 0 aromatic rings. The first-order valence-corrected chi connectivity index (χ1v) is 8.17. The SMILES string of the molecule is CCCCCCCC([O-])[O-].CCCCCCCC([O-])[O-].[Ti+4]. The molecule has 5 heteroatoms. The van der Waals surface area contributed by atoms with Crippen LogP contribution in [0.1, 0.15) is 90.9 Å². The Morgan fingerprint density at radius 1 is 0.524 bits per heavy atom. The van der Waals surface area contributed by atoms with Gasteiger partial charge in [-0.1, -0.05) is 90.9 Å². The van der Waals surface area contributed by atoms with Crippen LogP contribution in [0.5, 0.6) is 0 Å². The molecule has 0 saturated heterocycles. The molecule has 0 radical (unpaired) electrons. The van der Waals surface area contributed by atoms with Crippen molar-refractivity contribution >= 4 is 0 Å². The summed E-state index contributed by atoms with van der Waals surface area (Å²) in [4.78, 5) is 0. The van der Waals surface area contributed by atoms with Gasteiger partial charge in [-0.3, -0.25) is 0 Å². The zero-order valence-electron chi connectivity index (χ0n) is 13.8. The van der Waals surface area contributed by atoms with E-state index in [2.05, 4.69) is 13.8 Å². The van der Waals surface area contributed by atoms with Crippen molar-refractivity contribution in [1.29, 1.82) is 0 Å². The second kappa shape index (κ2) is 22.8. The normalized spacial score (nSPS) is 10.3. The maximum atomic E-state index is 10.0. The Bertz CT molecular complexity index is 148. The summed E-state index contributed by atoms with van der Waals surface area (Å²) in [7, 11) is 0. The van der Waals surface area contributed by atoms with Crippen LogP contribution < -0.4 is 20.4 Å². The molecule has 0 heterocycles. The number of rotatable bonds is 12. The van der Waals surface area contributed by atoms with Crippen LogP contribution >= 0.6 is 0 Å². The van der Waals surface area contributed by atoms with Gasteiger partial charge in [0.25, 0.3) is 0 Å². The zero-order chi connectivity index (χ0) is 15.6. The van der Waals surface area contributed by atoms with E-state index < -0.39 is 12.6 Å². The Balaban J connectivity index is -0.000000295. The third kappa shape index (κ3) is 33.4. The van der Waals surface area contributed by atoms with Crippen molar-refractivity contribution < 1.29 is 42.1 Å². The number of unbranched alkanes of at least 4 members (excludes halogenated alkanes) is 8. The molecule has 0 aliphatic rings. The van der Waals surface area contributed by atoms with Crippen LogP contribution in [0.3, 0.4) is 0 Å². The van der Waals surface area contributed by atoms with Gasteiger partial charge in [-0.05, 0) is 0 Å². The molecule has 0 N–H and O–H groups in total. The maximum Gasteiger partial charge on any atom is 4.00 e. The molecule has 0 unspecified atom stereocenters. The largest absolute Gasteiger partial charge is 4.00 e. The van der Waals surface area contributed by atoms with Crippen LogP contribution in [-0.4, -0.2) is 12.6 Å². The van der Waals surface area contributed by atoms with Gasteiger partial charge in [0.05, 0.1) is 0 Å². The quantitative estimate of drug-likeness (QED) is 0.299. The van der Waals surface area contributed by atoms with Crippen molar-refractivity contribution in [2.45, 2.75) is 103 Å². The predicted molar refractivity (Wildman–Crippen MR) is 74.3 cm³/mol. The summed E-state index contributed by atoms with van der Waals surface area (Å²) in [5.41, 5.74) is 0. The number of hydrogen-bond acceptors (Lipinski definition) is 4. The van der Waals surface area contributed by atoms with Crippen molar-refractivity contribution in [3.8, 4) is 0 Å². The Morgan fingerprint density at radius 2 is 0.810 bits per heavy atom. The minimum absolute atomic E-state index is 0. The van der Waals surface area contributed by atoms with Crippen LogP contribution in [0, 0.1) is 0 Å². The summed E-state index contributed by atoms with van der Waals surface area (Å²) in [5, 5.41) is 40.0. The molecule has 0 saturated carbocycles. The average Bonchev–Trinajstić information content (AvgIpc) is 2.38. The predicted octanol–water partition coefficient (Wildman–Crippen LogP) is 0.785. The standard InChI is InChI=1S/2C8H16O2.Ti/c2*1-2-3-4-5-6-7-8(9)10;/h2*8H,2-7H2,1H3;/q2*-2;+4. The second-order valence-electron chi connectivity index (χ2n) is 5.26. The Kier molecular flexibility index (Phi) is 28.8. The van der Waals surface area contributed by atoms with E-state index in [0.29, 0.717) is 12.8 Å². The van der Waals surface area contributed by atoms with Crippen LogP contribution in [0.15, 0.2) is 0 Å². The molecule has 0 aromatic carbocycles. The van der Waals surface area contributed by atoms with E-state index in [1.807, 2.05) is 0 Å². The molecule has 124 valence electrons. The summed E-state index contributed by atoms with van der Waals surface area (Å²) in [6.45, 7) is 4.29. The van der Waals surface area contributed by atoms with Crippen molar-refractivity contribution in [2.75, 3.05) is 0 Å². The molecule has 0 amide bonds. The molecule has 0 bridgehead atoms. The molecular formula is C16H32O4Ti. The molecule has 0 spiro atoms. The van der Waals surface area contributed by atoms with E-state index in [0.717, 1.165) is 25.7 Å². The van der Waals surface area contributed by atoms with Crippen LogP contribution in [0.4, 0.5) is 0 Å². The monoisotopic (exact) mass is 336 g/mol. The third-order valence-corrected chi connectivity index (χ3v) is 3.09. The second-order valence-corrected chi connectivity index (χ2v) is 5.26. The average molecular weight is 336 g/mol. The molecular weight excluding hydrogens is 304 g/mol. The summed E-state index contributed by atoms with van der Waals surface area (Å²) in [5.74, 6) is 0. The molecule has 0 aromatic heterocycles. The zero-order valence-corrected chi connectivity index (χ0v) is 15.3. The molecule has 4 nitrogen and oxygen atoms in total. The molecule has 21 heavy (non-hydrogen) atoms. The van der Waals surface area contributed by atoms with Gasteiger partial charge in [0.2, 0.25) is 0 Å². The smallest absolute Gasteiger partial charge is 0.865 e. The van der Waals surface area contributed by atoms with E-state index in [-0.39, 0.29) is 21.7 Å². The molecule has 0 aliphatic heterocycles. The van der Waals surface area contributed by atoms with E-state index in [4.69, 9.17) is 0 Å². The van der Waals surface area contributed by atoms with Crippen LogP contribution in [-0.2, 0) is 21.7 Å². The third-order valence-electron chi connectivity index (χ3n) is 3.09. The fraction of sp³-hybridized carbons (Fsp3) is 1.00. The molecule has 0 fully saturated rings. The van der Waals surface area contributed by atoms with Crippen LogP contribution in [0.25, 0.3) is 0 Å². The molecule has 0 aliphatic carbocycles. The fourth-order valence-electron chi connectivity index (χ4n) is 1.83. The van der Waals surface area contributed by atoms with Gasteiger partial charge in [0.1, 0.15) is 0 Å². The Labute approximate surface area is 145 Å². The van der Waals surface area contributed by atoms with Crippen molar-refractivity contribution in [3.05, 3.63) is 0 Å². The maximum absolute atomic E-state index is 10.0. The van der Waals surface area contributed by atoms with Crippen molar-refractivity contribution in [1.82, 2.24) is 0 Å². The van der Waals surface area contributed by atoms with Gasteiger partial charge in [-0.25, -0.2) is 12.6 Å². The summed E-state index contributed by atoms with van der Waals surface area (Å²) < 4.78 is 0. The van der Waals surface area contributed by atoms with Gasteiger partial charge in [0, 0.05) is 0 Å². The van der Waals surface area contributed by atoms with Crippen LogP contribution in [0.2, 0.25) is 0 Å². The van der Waals surface area contributed by atoms with E-state index in [1.54, 1.807) is 0 Å². The van der Waals surface area contributed by atoms with Gasteiger partial charge in [-0.2, -0.15) is 0 Å². The summed E-state index contributed by atoms with van der Waals surface area (Å²) >= 11 is 0. The van der Waals surface area contributed by atoms with Gasteiger partial charge in [0.15, 0.2) is 0 Å². The van der Waals surface area contributed by atoms with Crippen molar-refractivity contribution in [3.63, 3.8) is 0 Å². The van der Waals surface area contributed by atoms with E-state index in [1.165, 1.54) is 38.5 Å². The Morgan fingerprint density at radius 3 is 1.05 bits per heavy atom. The minimum Gasteiger partial charge on any atom is -0.865 e. The minimum atomic E-state index is -1.60. The number of hydrogen-bond donors (Lipinski definition) is 0. The first-order chi connectivity index (χ1) is 9.54. The summed E-state index contributed by atoms with van der Waals surface area (Å²) in [6, 6.07) is 0. The first kappa shape index (κ1) is 26.5. The van der Waals surface area contributed by atoms with Gasteiger partial charge in [-0.15, -0.1) is 0 Å². The first-order valence-electron chi connectivity index (χ1n) is 8.17. The van der Waals surface area contributed by atoms with E-state index >= 15 is 0 Å². The molecule has 0 rings (SSSR count). The van der Waals surface area contributed by atoms with Gasteiger partial charge < -0.3 is 20.4 Å². The van der Waals surface area contributed by atoms with E-state index in [9.17, 15) is 20.4 Å².